The SMILES string of the molecule is COc1ccc(CSCC(=O)N(C)CCC(N)C(C)C)cc1[N+](=O)[O-]. The van der Waals surface area contributed by atoms with Gasteiger partial charge in [-0.1, -0.05) is 19.9 Å². The highest BCUT2D eigenvalue weighted by molar-refractivity contribution is 7.99. The van der Waals surface area contributed by atoms with Crippen molar-refractivity contribution in [3.63, 3.8) is 0 Å². The maximum atomic E-state index is 12.1. The molecule has 0 saturated heterocycles. The number of thioether (sulfide) groups is 1. The largest absolute Gasteiger partial charge is 0.490 e. The van der Waals surface area contributed by atoms with E-state index in [1.165, 1.54) is 24.9 Å². The van der Waals surface area contributed by atoms with Crippen LogP contribution in [0.15, 0.2) is 18.2 Å². The zero-order valence-electron chi connectivity index (χ0n) is 15.2. The number of amides is 1. The molecule has 0 aliphatic heterocycles. The fraction of sp³-hybridized carbons (Fsp3) is 0.588. The van der Waals surface area contributed by atoms with Crippen LogP contribution in [0.25, 0.3) is 0 Å². The molecule has 140 valence electrons. The van der Waals surface area contributed by atoms with Crippen molar-refractivity contribution in [2.24, 2.45) is 11.7 Å². The van der Waals surface area contributed by atoms with Gasteiger partial charge in [-0.3, -0.25) is 14.9 Å². The van der Waals surface area contributed by atoms with E-state index in [2.05, 4.69) is 13.8 Å². The number of ether oxygens (including phenoxy) is 1. The number of hydrogen-bond donors (Lipinski definition) is 1. The van der Waals surface area contributed by atoms with Crippen LogP contribution < -0.4 is 10.5 Å². The number of nitrogens with two attached hydrogens (primary N) is 1. The summed E-state index contributed by atoms with van der Waals surface area (Å²) in [5.74, 6) is 1.51. The maximum Gasteiger partial charge on any atom is 0.311 e. The van der Waals surface area contributed by atoms with Crippen LogP contribution in [-0.2, 0) is 10.5 Å². The average molecular weight is 369 g/mol. The number of carbonyl (C=O) groups is 1. The second-order valence-electron chi connectivity index (χ2n) is 6.27. The highest BCUT2D eigenvalue weighted by atomic mass is 32.2. The number of rotatable bonds is 10. The van der Waals surface area contributed by atoms with Crippen LogP contribution in [-0.4, -0.2) is 48.2 Å². The molecule has 0 aliphatic carbocycles. The predicted octanol–water partition coefficient (Wildman–Crippen LogP) is 2.67. The van der Waals surface area contributed by atoms with E-state index in [4.69, 9.17) is 10.5 Å². The van der Waals surface area contributed by atoms with Gasteiger partial charge in [0, 0.05) is 31.5 Å². The molecule has 0 saturated carbocycles. The fourth-order valence-electron chi connectivity index (χ4n) is 2.14. The molecule has 0 spiro atoms. The third-order valence-corrected chi connectivity index (χ3v) is 5.00. The standard InChI is InChI=1S/C17H27N3O4S/c1-12(2)14(18)7-8-19(3)17(21)11-25-10-13-5-6-16(24-4)15(9-13)20(22)23/h5-6,9,12,14H,7-8,10-11,18H2,1-4H3. The Morgan fingerprint density at radius 3 is 2.68 bits per heavy atom. The Morgan fingerprint density at radius 2 is 2.12 bits per heavy atom. The molecule has 1 atom stereocenters. The zero-order valence-corrected chi connectivity index (χ0v) is 16.0. The van der Waals surface area contributed by atoms with Crippen molar-refractivity contribution in [3.05, 3.63) is 33.9 Å². The van der Waals surface area contributed by atoms with Crippen LogP contribution in [0.4, 0.5) is 5.69 Å². The summed E-state index contributed by atoms with van der Waals surface area (Å²) in [4.78, 5) is 24.4. The van der Waals surface area contributed by atoms with Crippen molar-refractivity contribution >= 4 is 23.4 Å². The van der Waals surface area contributed by atoms with Gasteiger partial charge in [0.1, 0.15) is 0 Å². The highest BCUT2D eigenvalue weighted by Gasteiger charge is 2.16. The number of benzene rings is 1. The molecule has 1 amide bonds. The fourth-order valence-corrected chi connectivity index (χ4v) is 3.05. The molecule has 1 aromatic carbocycles. The summed E-state index contributed by atoms with van der Waals surface area (Å²) in [5, 5.41) is 11.0. The first-order valence-electron chi connectivity index (χ1n) is 8.14. The van der Waals surface area contributed by atoms with Crippen molar-refractivity contribution in [2.75, 3.05) is 26.5 Å². The monoisotopic (exact) mass is 369 g/mol. The van der Waals surface area contributed by atoms with Crippen LogP contribution in [0.3, 0.4) is 0 Å². The summed E-state index contributed by atoms with van der Waals surface area (Å²) in [6.07, 6.45) is 0.773. The van der Waals surface area contributed by atoms with Gasteiger partial charge in [-0.25, -0.2) is 0 Å². The van der Waals surface area contributed by atoms with E-state index in [9.17, 15) is 14.9 Å². The first-order chi connectivity index (χ1) is 11.8. The maximum absolute atomic E-state index is 12.1. The third-order valence-electron chi connectivity index (χ3n) is 4.01. The van der Waals surface area contributed by atoms with Gasteiger partial charge in [0.05, 0.1) is 17.8 Å². The van der Waals surface area contributed by atoms with Crippen LogP contribution in [0.2, 0.25) is 0 Å². The van der Waals surface area contributed by atoms with Crippen molar-refractivity contribution in [1.82, 2.24) is 4.90 Å². The summed E-state index contributed by atoms with van der Waals surface area (Å²) in [6, 6.07) is 4.92. The van der Waals surface area contributed by atoms with Crippen LogP contribution in [0.1, 0.15) is 25.8 Å². The second kappa shape index (κ2) is 10.2. The van der Waals surface area contributed by atoms with E-state index in [1.807, 2.05) is 0 Å². The molecular weight excluding hydrogens is 342 g/mol. The molecule has 7 nitrogen and oxygen atoms in total. The number of nitro benzene ring substituents is 1. The van der Waals surface area contributed by atoms with Crippen LogP contribution in [0, 0.1) is 16.0 Å². The summed E-state index contributed by atoms with van der Waals surface area (Å²) in [5.41, 5.74) is 6.72. The Labute approximate surface area is 153 Å². The molecule has 1 unspecified atom stereocenters. The van der Waals surface area contributed by atoms with Crippen molar-refractivity contribution in [2.45, 2.75) is 32.1 Å². The molecule has 1 rings (SSSR count). The average Bonchev–Trinajstić information content (AvgIpc) is 2.58. The van der Waals surface area contributed by atoms with Gasteiger partial charge in [0.25, 0.3) is 0 Å². The summed E-state index contributed by atoms with van der Waals surface area (Å²) in [6.45, 7) is 4.76. The zero-order chi connectivity index (χ0) is 19.0. The normalized spacial score (nSPS) is 12.1. The number of nitro groups is 1. The molecule has 0 aliphatic rings. The lowest BCUT2D eigenvalue weighted by molar-refractivity contribution is -0.385. The van der Waals surface area contributed by atoms with E-state index >= 15 is 0 Å². The third kappa shape index (κ3) is 6.91. The second-order valence-corrected chi connectivity index (χ2v) is 7.25. The van der Waals surface area contributed by atoms with Crippen LogP contribution in [0.5, 0.6) is 5.75 Å². The number of hydrogen-bond acceptors (Lipinski definition) is 6. The Kier molecular flexibility index (Phi) is 8.71. The van der Waals surface area contributed by atoms with E-state index in [1.54, 1.807) is 24.1 Å². The van der Waals surface area contributed by atoms with Gasteiger partial charge < -0.3 is 15.4 Å². The molecule has 2 N–H and O–H groups in total. The minimum atomic E-state index is -0.468. The molecular formula is C17H27N3O4S. The van der Waals surface area contributed by atoms with E-state index in [0.717, 1.165) is 12.0 Å². The molecule has 8 heteroatoms. The summed E-state index contributed by atoms with van der Waals surface area (Å²) in [7, 11) is 3.17. The Hall–Kier alpha value is -1.80. The number of methoxy groups -OCH3 is 1. The molecule has 0 aromatic heterocycles. The van der Waals surface area contributed by atoms with Gasteiger partial charge >= 0.3 is 5.69 Å². The first kappa shape index (κ1) is 21.2. The van der Waals surface area contributed by atoms with Gasteiger partial charge in [-0.05, 0) is 24.0 Å². The lowest BCUT2D eigenvalue weighted by atomic mass is 10.0. The van der Waals surface area contributed by atoms with E-state index in [-0.39, 0.29) is 23.4 Å². The molecule has 0 bridgehead atoms. The Balaban J connectivity index is 2.47. The van der Waals surface area contributed by atoms with Gasteiger partial charge in [0.2, 0.25) is 5.91 Å². The lowest BCUT2D eigenvalue weighted by Crippen LogP contribution is -2.35. The quantitative estimate of drug-likeness (QED) is 0.503. The topological polar surface area (TPSA) is 98.7 Å². The van der Waals surface area contributed by atoms with E-state index < -0.39 is 4.92 Å². The predicted molar refractivity (Wildman–Crippen MR) is 101 cm³/mol. The van der Waals surface area contributed by atoms with Gasteiger partial charge in [-0.15, -0.1) is 11.8 Å². The van der Waals surface area contributed by atoms with Gasteiger partial charge in [-0.2, -0.15) is 0 Å². The Morgan fingerprint density at radius 1 is 1.44 bits per heavy atom. The Bertz CT molecular complexity index is 595. The minimum absolute atomic E-state index is 0.0315. The van der Waals surface area contributed by atoms with Crippen LogP contribution >= 0.6 is 11.8 Å². The summed E-state index contributed by atoms with van der Waals surface area (Å²) < 4.78 is 4.98. The lowest BCUT2D eigenvalue weighted by Gasteiger charge is -2.21. The molecule has 0 fully saturated rings. The molecule has 0 radical (unpaired) electrons. The molecule has 1 aromatic rings. The first-order valence-corrected chi connectivity index (χ1v) is 9.30. The van der Waals surface area contributed by atoms with E-state index in [0.29, 0.717) is 24.0 Å². The van der Waals surface area contributed by atoms with Crippen molar-refractivity contribution in [1.29, 1.82) is 0 Å². The number of carbonyl (C=O) groups excluding carboxylic acids is 1. The van der Waals surface area contributed by atoms with Crippen molar-refractivity contribution in [3.8, 4) is 5.75 Å². The smallest absolute Gasteiger partial charge is 0.311 e. The molecule has 25 heavy (non-hydrogen) atoms. The highest BCUT2D eigenvalue weighted by Crippen LogP contribution is 2.29. The number of nitrogens with zero attached hydrogens (tertiary/aromatic N) is 2. The summed E-state index contributed by atoms with van der Waals surface area (Å²) >= 11 is 1.43. The van der Waals surface area contributed by atoms with Gasteiger partial charge in [0.15, 0.2) is 5.75 Å². The molecule has 0 heterocycles. The van der Waals surface area contributed by atoms with Crippen molar-refractivity contribution < 1.29 is 14.5 Å². The minimum Gasteiger partial charge on any atom is -0.490 e.